The number of hydrazone groups is 1. The van der Waals surface area contributed by atoms with Gasteiger partial charge in [0.1, 0.15) is 30.0 Å². The molecule has 0 aliphatic carbocycles. The van der Waals surface area contributed by atoms with E-state index in [-0.39, 0.29) is 5.43 Å². The summed E-state index contributed by atoms with van der Waals surface area (Å²) in [5.41, 5.74) is 9.41. The van der Waals surface area contributed by atoms with Crippen molar-refractivity contribution in [3.05, 3.63) is 81.2 Å². The van der Waals surface area contributed by atoms with Gasteiger partial charge in [0.15, 0.2) is 5.43 Å². The molecule has 2 N–H and O–H groups in total. The van der Waals surface area contributed by atoms with Crippen LogP contribution in [0.5, 0.6) is 5.75 Å². The topological polar surface area (TPSA) is 79.1 Å². The van der Waals surface area contributed by atoms with Crippen LogP contribution in [0, 0.1) is 13.8 Å². The van der Waals surface area contributed by atoms with Gasteiger partial charge in [-0.1, -0.05) is 36.4 Å². The van der Waals surface area contributed by atoms with Crippen molar-refractivity contribution >= 4 is 22.9 Å². The zero-order chi connectivity index (χ0) is 21.1. The van der Waals surface area contributed by atoms with Crippen LogP contribution in [0.2, 0.25) is 0 Å². The number of nitrogens with one attached hydrogen (secondary N) is 2. The molecule has 1 aliphatic rings. The van der Waals surface area contributed by atoms with E-state index in [1.807, 2.05) is 56.3 Å². The second-order valence-electron chi connectivity index (χ2n) is 7.23. The number of fused-ring (bicyclic) bond motifs is 1. The van der Waals surface area contributed by atoms with E-state index in [9.17, 15) is 4.79 Å². The van der Waals surface area contributed by atoms with E-state index >= 15 is 0 Å². The minimum Gasteiger partial charge on any atom is -0.488 e. The first kappa shape index (κ1) is 19.7. The summed E-state index contributed by atoms with van der Waals surface area (Å²) in [6, 6.07) is 13.6. The fourth-order valence-corrected chi connectivity index (χ4v) is 3.38. The first-order chi connectivity index (χ1) is 14.5. The largest absolute Gasteiger partial charge is 0.488 e. The van der Waals surface area contributed by atoms with Crippen LogP contribution in [0.1, 0.15) is 29.4 Å². The maximum atomic E-state index is 13.0. The summed E-state index contributed by atoms with van der Waals surface area (Å²) in [4.78, 5) is 13.0. The number of benzene rings is 2. The summed E-state index contributed by atoms with van der Waals surface area (Å²) in [6.45, 7) is 6.67. The molecule has 30 heavy (non-hydrogen) atoms. The van der Waals surface area contributed by atoms with Gasteiger partial charge in [0.05, 0.1) is 11.9 Å². The molecule has 7 nitrogen and oxygen atoms in total. The fraction of sp³-hybridized carbons (Fsp3) is 0.217. The number of nitrogens with zero attached hydrogens (tertiary/aromatic N) is 2. The van der Waals surface area contributed by atoms with Crippen molar-refractivity contribution in [1.29, 1.82) is 0 Å². The molecular formula is C23H24N4O3. The Labute approximate surface area is 174 Å². The lowest BCUT2D eigenvalue weighted by Gasteiger charge is -2.14. The molecule has 0 saturated heterocycles. The molecule has 4 rings (SSSR count). The molecular weight excluding hydrogens is 380 g/mol. The van der Waals surface area contributed by atoms with E-state index < -0.39 is 0 Å². The van der Waals surface area contributed by atoms with Crippen molar-refractivity contribution in [3.8, 4) is 5.75 Å². The van der Waals surface area contributed by atoms with Gasteiger partial charge in [0, 0.05) is 11.1 Å². The highest BCUT2D eigenvalue weighted by molar-refractivity contribution is 5.84. The van der Waals surface area contributed by atoms with Crippen molar-refractivity contribution in [2.24, 2.45) is 5.10 Å². The first-order valence-corrected chi connectivity index (χ1v) is 9.76. The number of hydrazine groups is 2. The van der Waals surface area contributed by atoms with Crippen molar-refractivity contribution in [2.75, 3.05) is 6.54 Å². The van der Waals surface area contributed by atoms with Gasteiger partial charge in [-0.2, -0.15) is 5.10 Å². The average molecular weight is 404 g/mol. The van der Waals surface area contributed by atoms with Crippen LogP contribution in [0.3, 0.4) is 0 Å². The van der Waals surface area contributed by atoms with Crippen LogP contribution in [-0.4, -0.2) is 17.9 Å². The SMILES string of the molecule is C/C(=C\CN1C=NNN1)c1oc2c(C)c(OCc3ccccc3)ccc2c(=O)c1C. The molecule has 0 fully saturated rings. The molecule has 7 heteroatoms. The Morgan fingerprint density at radius 3 is 2.70 bits per heavy atom. The van der Waals surface area contributed by atoms with Gasteiger partial charge in [-0.05, 0) is 44.0 Å². The monoisotopic (exact) mass is 404 g/mol. The average Bonchev–Trinajstić information content (AvgIpc) is 3.28. The van der Waals surface area contributed by atoms with E-state index in [0.717, 1.165) is 16.7 Å². The first-order valence-electron chi connectivity index (χ1n) is 9.76. The molecule has 2 aromatic carbocycles. The molecule has 0 bridgehead atoms. The van der Waals surface area contributed by atoms with E-state index in [1.54, 1.807) is 24.3 Å². The minimum absolute atomic E-state index is 0.0285. The zero-order valence-electron chi connectivity index (χ0n) is 17.2. The molecule has 0 atom stereocenters. The Morgan fingerprint density at radius 2 is 1.97 bits per heavy atom. The summed E-state index contributed by atoms with van der Waals surface area (Å²) in [7, 11) is 0. The molecule has 0 amide bonds. The quantitative estimate of drug-likeness (QED) is 0.653. The maximum absolute atomic E-state index is 13.0. The normalized spacial score (nSPS) is 13.7. The Morgan fingerprint density at radius 1 is 1.17 bits per heavy atom. The van der Waals surface area contributed by atoms with Crippen LogP contribution in [0.15, 0.2) is 62.9 Å². The number of allylic oxidation sites excluding steroid dienone is 1. The predicted octanol–water partition coefficient (Wildman–Crippen LogP) is 3.66. The van der Waals surface area contributed by atoms with Crippen LogP contribution < -0.4 is 21.2 Å². The summed E-state index contributed by atoms with van der Waals surface area (Å²) in [5.74, 6) is 1.29. The highest BCUT2D eigenvalue weighted by Gasteiger charge is 2.16. The van der Waals surface area contributed by atoms with Crippen molar-refractivity contribution in [2.45, 2.75) is 27.4 Å². The zero-order valence-corrected chi connectivity index (χ0v) is 17.2. The molecule has 1 aliphatic heterocycles. The highest BCUT2D eigenvalue weighted by atomic mass is 16.5. The molecule has 0 radical (unpaired) electrons. The Bertz CT molecular complexity index is 1180. The third kappa shape index (κ3) is 3.92. The second kappa shape index (κ2) is 8.42. The van der Waals surface area contributed by atoms with Gasteiger partial charge in [0.2, 0.25) is 0 Å². The van der Waals surface area contributed by atoms with Gasteiger partial charge in [-0.3, -0.25) is 9.80 Å². The van der Waals surface area contributed by atoms with E-state index in [4.69, 9.17) is 9.15 Å². The number of aryl methyl sites for hydroxylation is 1. The standard InChI is InChI=1S/C23H24N4O3/c1-15(11-12-27-14-24-25-26-27)22-17(3)21(28)19-9-10-20(16(2)23(19)30-22)29-13-18-7-5-4-6-8-18/h4-11,14,25-26H,12-13H2,1-3H3/b15-11+. The van der Waals surface area contributed by atoms with E-state index in [2.05, 4.69) is 16.2 Å². The lowest BCUT2D eigenvalue weighted by atomic mass is 10.0. The molecule has 154 valence electrons. The summed E-state index contributed by atoms with van der Waals surface area (Å²) in [6.07, 6.45) is 3.63. The number of rotatable bonds is 6. The van der Waals surface area contributed by atoms with Gasteiger partial charge in [-0.15, -0.1) is 5.53 Å². The molecule has 0 spiro atoms. The maximum Gasteiger partial charge on any atom is 0.196 e. The smallest absolute Gasteiger partial charge is 0.196 e. The van der Waals surface area contributed by atoms with Gasteiger partial charge < -0.3 is 9.15 Å². The molecule has 0 unspecified atom stereocenters. The lowest BCUT2D eigenvalue weighted by Crippen LogP contribution is -2.37. The number of hydrogen-bond acceptors (Lipinski definition) is 7. The number of hydrogen-bond donors (Lipinski definition) is 2. The van der Waals surface area contributed by atoms with Crippen LogP contribution in [0.4, 0.5) is 0 Å². The predicted molar refractivity (Wildman–Crippen MR) is 118 cm³/mol. The lowest BCUT2D eigenvalue weighted by molar-refractivity contribution is 0.304. The summed E-state index contributed by atoms with van der Waals surface area (Å²) >= 11 is 0. The minimum atomic E-state index is -0.0285. The second-order valence-corrected chi connectivity index (χ2v) is 7.23. The Kier molecular flexibility index (Phi) is 5.54. The third-order valence-electron chi connectivity index (χ3n) is 5.13. The Balaban J connectivity index is 1.67. The van der Waals surface area contributed by atoms with Crippen molar-refractivity contribution in [1.82, 2.24) is 16.1 Å². The van der Waals surface area contributed by atoms with Crippen molar-refractivity contribution < 1.29 is 9.15 Å². The molecule has 0 saturated carbocycles. The number of ether oxygens (including phenoxy) is 1. The summed E-state index contributed by atoms with van der Waals surface area (Å²) in [5, 5.41) is 6.21. The van der Waals surface area contributed by atoms with Gasteiger partial charge >= 0.3 is 0 Å². The van der Waals surface area contributed by atoms with Crippen LogP contribution >= 0.6 is 0 Å². The summed E-state index contributed by atoms with van der Waals surface area (Å²) < 4.78 is 12.2. The fourth-order valence-electron chi connectivity index (χ4n) is 3.38. The van der Waals surface area contributed by atoms with Gasteiger partial charge in [-0.25, -0.2) is 5.53 Å². The van der Waals surface area contributed by atoms with E-state index in [0.29, 0.717) is 41.2 Å². The van der Waals surface area contributed by atoms with Crippen molar-refractivity contribution in [3.63, 3.8) is 0 Å². The Hall–Kier alpha value is -3.58. The van der Waals surface area contributed by atoms with E-state index in [1.165, 1.54) is 0 Å². The third-order valence-corrected chi connectivity index (χ3v) is 5.13. The molecule has 2 heterocycles. The molecule has 3 aromatic rings. The van der Waals surface area contributed by atoms with Crippen LogP contribution in [0.25, 0.3) is 16.5 Å². The van der Waals surface area contributed by atoms with Gasteiger partial charge in [0.25, 0.3) is 0 Å². The molecule has 1 aromatic heterocycles. The highest BCUT2D eigenvalue weighted by Crippen LogP contribution is 2.30. The van der Waals surface area contributed by atoms with Crippen LogP contribution in [-0.2, 0) is 6.61 Å².